The van der Waals surface area contributed by atoms with Gasteiger partial charge in [0.15, 0.2) is 11.0 Å². The Labute approximate surface area is 169 Å². The van der Waals surface area contributed by atoms with Crippen LogP contribution in [0.3, 0.4) is 0 Å². The van der Waals surface area contributed by atoms with Crippen molar-refractivity contribution in [3.8, 4) is 11.4 Å². The maximum Gasteiger partial charge on any atom is 0.233 e. The van der Waals surface area contributed by atoms with Gasteiger partial charge in [0.25, 0.3) is 0 Å². The number of aryl methyl sites for hydroxylation is 1. The van der Waals surface area contributed by atoms with Gasteiger partial charge in [-0.15, -0.1) is 10.2 Å². The van der Waals surface area contributed by atoms with Gasteiger partial charge in [-0.3, -0.25) is 9.78 Å². The minimum atomic E-state index is -0.268. The summed E-state index contributed by atoms with van der Waals surface area (Å²) in [5.41, 5.74) is 3.27. The first-order chi connectivity index (χ1) is 13.6. The van der Waals surface area contributed by atoms with E-state index >= 15 is 0 Å². The predicted molar refractivity (Wildman–Crippen MR) is 112 cm³/mol. The van der Waals surface area contributed by atoms with Crippen molar-refractivity contribution in [1.29, 1.82) is 0 Å². The van der Waals surface area contributed by atoms with Crippen LogP contribution in [0.1, 0.15) is 31.4 Å². The maximum absolute atomic E-state index is 12.5. The summed E-state index contributed by atoms with van der Waals surface area (Å²) >= 11 is 1.43. The number of benzene rings is 1. The van der Waals surface area contributed by atoms with Crippen LogP contribution >= 0.6 is 11.8 Å². The summed E-state index contributed by atoms with van der Waals surface area (Å²) in [5, 5.41) is 12.2. The highest BCUT2D eigenvalue weighted by atomic mass is 32.2. The zero-order valence-corrected chi connectivity index (χ0v) is 17.2. The molecule has 0 spiro atoms. The van der Waals surface area contributed by atoms with Gasteiger partial charge >= 0.3 is 0 Å². The molecule has 0 radical (unpaired) electrons. The highest BCUT2D eigenvalue weighted by molar-refractivity contribution is 8.00. The van der Waals surface area contributed by atoms with Crippen LogP contribution in [0.25, 0.3) is 11.4 Å². The number of aromatic nitrogens is 4. The lowest BCUT2D eigenvalue weighted by molar-refractivity contribution is -0.120. The summed E-state index contributed by atoms with van der Waals surface area (Å²) in [6, 6.07) is 12.0. The molecule has 0 saturated carbocycles. The average Bonchev–Trinajstić information content (AvgIpc) is 3.10. The molecule has 1 atom stereocenters. The van der Waals surface area contributed by atoms with E-state index < -0.39 is 0 Å². The fourth-order valence-electron chi connectivity index (χ4n) is 2.77. The summed E-state index contributed by atoms with van der Waals surface area (Å²) in [5.74, 6) is 0.793. The van der Waals surface area contributed by atoms with Crippen LogP contribution in [0.2, 0.25) is 0 Å². The number of hydrogen-bond donors (Lipinski definition) is 1. The molecule has 3 aromatic rings. The van der Waals surface area contributed by atoms with E-state index in [2.05, 4.69) is 32.0 Å². The Morgan fingerprint density at radius 2 is 1.86 bits per heavy atom. The molecule has 3 rings (SSSR count). The van der Waals surface area contributed by atoms with Crippen LogP contribution in [0.4, 0.5) is 0 Å². The Morgan fingerprint density at radius 3 is 2.54 bits per heavy atom. The lowest BCUT2D eigenvalue weighted by Gasteiger charge is -2.13. The first-order valence-electron chi connectivity index (χ1n) is 9.42. The molecule has 0 saturated heterocycles. The highest BCUT2D eigenvalue weighted by Crippen LogP contribution is 2.27. The van der Waals surface area contributed by atoms with Gasteiger partial charge in [0.05, 0.1) is 5.25 Å². The van der Waals surface area contributed by atoms with Gasteiger partial charge in [0, 0.05) is 31.0 Å². The van der Waals surface area contributed by atoms with E-state index in [1.165, 1.54) is 17.3 Å². The van der Waals surface area contributed by atoms with Gasteiger partial charge in [0.2, 0.25) is 5.91 Å². The SMILES string of the molecule is CCCn1c(S[C@@H](C)C(=O)NCc2ccc(C)cc2)nnc1-c1ccncc1. The zero-order chi connectivity index (χ0) is 19.9. The summed E-state index contributed by atoms with van der Waals surface area (Å²) in [6.45, 7) is 7.38. The van der Waals surface area contributed by atoms with Gasteiger partial charge in [-0.1, -0.05) is 48.5 Å². The molecule has 2 aromatic heterocycles. The molecular formula is C21H25N5OS. The largest absolute Gasteiger partial charge is 0.351 e. The van der Waals surface area contributed by atoms with Crippen molar-refractivity contribution >= 4 is 17.7 Å². The predicted octanol–water partition coefficient (Wildman–Crippen LogP) is 3.86. The lowest BCUT2D eigenvalue weighted by atomic mass is 10.1. The first-order valence-corrected chi connectivity index (χ1v) is 10.3. The Hall–Kier alpha value is -2.67. The molecule has 0 aliphatic carbocycles. The van der Waals surface area contributed by atoms with E-state index in [1.807, 2.05) is 50.2 Å². The van der Waals surface area contributed by atoms with E-state index in [4.69, 9.17) is 0 Å². The molecule has 1 aromatic carbocycles. The number of carbonyl (C=O) groups excluding carboxylic acids is 1. The van der Waals surface area contributed by atoms with Gasteiger partial charge in [-0.25, -0.2) is 0 Å². The van der Waals surface area contributed by atoms with Crippen molar-refractivity contribution in [3.63, 3.8) is 0 Å². The highest BCUT2D eigenvalue weighted by Gasteiger charge is 2.20. The molecule has 7 heteroatoms. The number of amides is 1. The molecule has 1 N–H and O–H groups in total. The summed E-state index contributed by atoms with van der Waals surface area (Å²) in [6.07, 6.45) is 4.44. The average molecular weight is 396 g/mol. The van der Waals surface area contributed by atoms with Crippen LogP contribution in [0.5, 0.6) is 0 Å². The Kier molecular flexibility index (Phi) is 6.81. The van der Waals surface area contributed by atoms with E-state index in [9.17, 15) is 4.79 Å². The zero-order valence-electron chi connectivity index (χ0n) is 16.4. The number of thioether (sulfide) groups is 1. The first kappa shape index (κ1) is 20.1. The lowest BCUT2D eigenvalue weighted by Crippen LogP contribution is -2.30. The third-order valence-corrected chi connectivity index (χ3v) is 5.42. The van der Waals surface area contributed by atoms with Crippen LogP contribution in [-0.2, 0) is 17.9 Å². The maximum atomic E-state index is 12.5. The number of hydrogen-bond acceptors (Lipinski definition) is 5. The minimum absolute atomic E-state index is 0.0120. The fraction of sp³-hybridized carbons (Fsp3) is 0.333. The minimum Gasteiger partial charge on any atom is -0.351 e. The van der Waals surface area contributed by atoms with Crippen molar-refractivity contribution in [2.24, 2.45) is 0 Å². The van der Waals surface area contributed by atoms with E-state index in [0.717, 1.165) is 35.1 Å². The van der Waals surface area contributed by atoms with Crippen LogP contribution in [0, 0.1) is 6.92 Å². The molecule has 1 amide bonds. The molecular weight excluding hydrogens is 370 g/mol. The third kappa shape index (κ3) is 4.98. The second-order valence-corrected chi connectivity index (χ2v) is 7.97. The number of nitrogens with zero attached hydrogens (tertiary/aromatic N) is 4. The number of nitrogens with one attached hydrogen (secondary N) is 1. The molecule has 28 heavy (non-hydrogen) atoms. The molecule has 0 aliphatic rings. The van der Waals surface area contributed by atoms with Crippen molar-refractivity contribution in [1.82, 2.24) is 25.1 Å². The van der Waals surface area contributed by atoms with Crippen LogP contribution in [0.15, 0.2) is 53.9 Å². The third-order valence-electron chi connectivity index (χ3n) is 4.34. The molecule has 6 nitrogen and oxygen atoms in total. The summed E-state index contributed by atoms with van der Waals surface area (Å²) in [7, 11) is 0. The topological polar surface area (TPSA) is 72.7 Å². The number of rotatable bonds is 8. The monoisotopic (exact) mass is 395 g/mol. The van der Waals surface area contributed by atoms with E-state index in [1.54, 1.807) is 12.4 Å². The summed E-state index contributed by atoms with van der Waals surface area (Å²) < 4.78 is 2.07. The molecule has 146 valence electrons. The van der Waals surface area contributed by atoms with Gasteiger partial charge in [-0.05, 0) is 38.0 Å². The van der Waals surface area contributed by atoms with Crippen molar-refractivity contribution in [2.45, 2.75) is 50.7 Å². The number of pyridine rings is 1. The Morgan fingerprint density at radius 1 is 1.14 bits per heavy atom. The van der Waals surface area contributed by atoms with E-state index in [-0.39, 0.29) is 11.2 Å². The Balaban J connectivity index is 1.67. The smallest absolute Gasteiger partial charge is 0.233 e. The molecule has 0 aliphatic heterocycles. The van der Waals surface area contributed by atoms with Crippen LogP contribution in [-0.4, -0.2) is 30.9 Å². The fourth-order valence-corrected chi connectivity index (χ4v) is 3.67. The standard InChI is InChI=1S/C21H25N5OS/c1-4-13-26-19(18-9-11-22-12-10-18)24-25-21(26)28-16(3)20(27)23-14-17-7-5-15(2)6-8-17/h5-12,16H,4,13-14H2,1-3H3,(H,23,27)/t16-/m0/s1. The molecule has 0 unspecified atom stereocenters. The normalized spacial score (nSPS) is 12.0. The Bertz CT molecular complexity index is 908. The van der Waals surface area contributed by atoms with E-state index in [0.29, 0.717) is 6.54 Å². The quantitative estimate of drug-likeness (QED) is 0.587. The van der Waals surface area contributed by atoms with Crippen LogP contribution < -0.4 is 5.32 Å². The molecule has 0 bridgehead atoms. The second-order valence-electron chi connectivity index (χ2n) is 6.66. The van der Waals surface area contributed by atoms with Crippen molar-refractivity contribution < 1.29 is 4.79 Å². The number of carbonyl (C=O) groups is 1. The van der Waals surface area contributed by atoms with Gasteiger partial charge < -0.3 is 9.88 Å². The summed E-state index contributed by atoms with van der Waals surface area (Å²) in [4.78, 5) is 16.6. The van der Waals surface area contributed by atoms with Crippen molar-refractivity contribution in [3.05, 3.63) is 59.9 Å². The molecule has 2 heterocycles. The molecule has 0 fully saturated rings. The van der Waals surface area contributed by atoms with Gasteiger partial charge in [-0.2, -0.15) is 0 Å². The second kappa shape index (κ2) is 9.50. The van der Waals surface area contributed by atoms with Gasteiger partial charge in [0.1, 0.15) is 0 Å². The van der Waals surface area contributed by atoms with Crippen molar-refractivity contribution in [2.75, 3.05) is 0 Å².